The summed E-state index contributed by atoms with van der Waals surface area (Å²) in [6.45, 7) is 5.20. The smallest absolute Gasteiger partial charge is 0.334 e. The fourth-order valence-electron chi connectivity index (χ4n) is 2.65. The molecule has 1 aliphatic rings. The highest BCUT2D eigenvalue weighted by Gasteiger charge is 2.47. The van der Waals surface area contributed by atoms with Crippen molar-refractivity contribution in [1.82, 2.24) is 0 Å². The van der Waals surface area contributed by atoms with Crippen molar-refractivity contribution in [3.05, 3.63) is 0 Å². The number of methoxy groups -OCH3 is 1. The first kappa shape index (κ1) is 22.8. The van der Waals surface area contributed by atoms with Crippen molar-refractivity contribution in [2.24, 2.45) is 11.3 Å². The maximum Gasteiger partial charge on any atom is 0.334 e. The Hall–Kier alpha value is -1.24. The molecule has 0 N–H and O–H groups in total. The quantitative estimate of drug-likeness (QED) is 0.317. The molecule has 1 saturated heterocycles. The van der Waals surface area contributed by atoms with Crippen LogP contribution in [0.4, 0.5) is 0 Å². The van der Waals surface area contributed by atoms with Gasteiger partial charge in [-0.1, -0.05) is 20.8 Å². The van der Waals surface area contributed by atoms with Crippen molar-refractivity contribution >= 4 is 25.3 Å². The lowest BCUT2D eigenvalue weighted by Crippen LogP contribution is -2.41. The molecule has 0 aromatic rings. The van der Waals surface area contributed by atoms with Gasteiger partial charge in [0.2, 0.25) is 6.79 Å². The molecule has 26 heavy (non-hydrogen) atoms. The number of carbonyl (C=O) groups excluding carboxylic acids is 3. The third-order valence-electron chi connectivity index (χ3n) is 4.33. The van der Waals surface area contributed by atoms with E-state index < -0.39 is 31.7 Å². The fraction of sp³-hybridized carbons (Fsp3) is 0.824. The highest BCUT2D eigenvalue weighted by molar-refractivity contribution is 7.54. The fourth-order valence-corrected chi connectivity index (χ4v) is 4.82. The van der Waals surface area contributed by atoms with Gasteiger partial charge in [0.05, 0.1) is 19.9 Å². The summed E-state index contributed by atoms with van der Waals surface area (Å²) in [5, 5.41) is 0. The third kappa shape index (κ3) is 7.17. The number of hydrogen-bond acceptors (Lipinski definition) is 8. The van der Waals surface area contributed by atoms with E-state index in [0.29, 0.717) is 12.8 Å². The second kappa shape index (κ2) is 10.2. The molecular weight excluding hydrogens is 363 g/mol. The molecule has 0 aromatic heterocycles. The molecule has 0 bridgehead atoms. The average molecular weight is 392 g/mol. The summed E-state index contributed by atoms with van der Waals surface area (Å²) in [5.41, 5.74) is -0.501. The Morgan fingerprint density at radius 2 is 1.85 bits per heavy atom. The van der Waals surface area contributed by atoms with Gasteiger partial charge in [-0.2, -0.15) is 0 Å². The van der Waals surface area contributed by atoms with Crippen LogP contribution in [0.5, 0.6) is 0 Å². The minimum Gasteiger partial charge on any atom is -0.469 e. The molecule has 150 valence electrons. The van der Waals surface area contributed by atoms with Crippen LogP contribution in [0.2, 0.25) is 0 Å². The van der Waals surface area contributed by atoms with Gasteiger partial charge in [-0.3, -0.25) is 23.5 Å². The maximum absolute atomic E-state index is 12.7. The van der Waals surface area contributed by atoms with E-state index in [4.69, 9.17) is 13.8 Å². The van der Waals surface area contributed by atoms with Crippen LogP contribution < -0.4 is 0 Å². The van der Waals surface area contributed by atoms with Crippen molar-refractivity contribution < 1.29 is 37.5 Å². The molecular formula is C17H29O8P. The number of ether oxygens (including phenoxy) is 2. The molecule has 1 rings (SSSR count). The zero-order valence-corrected chi connectivity index (χ0v) is 16.8. The molecule has 1 aliphatic heterocycles. The number of esters is 2. The van der Waals surface area contributed by atoms with Gasteiger partial charge in [0, 0.05) is 25.2 Å². The van der Waals surface area contributed by atoms with E-state index in [0.717, 1.165) is 0 Å². The predicted molar refractivity (Wildman–Crippen MR) is 93.5 cm³/mol. The van der Waals surface area contributed by atoms with Crippen LogP contribution in [0.1, 0.15) is 52.9 Å². The zero-order chi connectivity index (χ0) is 19.8. The minimum absolute atomic E-state index is 0.0671. The molecule has 0 radical (unpaired) electrons. The summed E-state index contributed by atoms with van der Waals surface area (Å²) in [4.78, 5) is 35.1. The van der Waals surface area contributed by atoms with Crippen LogP contribution in [0.15, 0.2) is 0 Å². The van der Waals surface area contributed by atoms with E-state index in [1.54, 1.807) is 0 Å². The van der Waals surface area contributed by atoms with Crippen molar-refractivity contribution in [2.45, 2.75) is 52.9 Å². The molecule has 0 spiro atoms. The van der Waals surface area contributed by atoms with Gasteiger partial charge in [0.25, 0.3) is 0 Å². The van der Waals surface area contributed by atoms with E-state index in [2.05, 4.69) is 4.74 Å². The van der Waals surface area contributed by atoms with Crippen LogP contribution in [-0.4, -0.2) is 44.4 Å². The third-order valence-corrected chi connectivity index (χ3v) is 6.16. The largest absolute Gasteiger partial charge is 0.469 e. The van der Waals surface area contributed by atoms with Crippen LogP contribution >= 0.6 is 7.60 Å². The molecule has 0 aromatic carbocycles. The summed E-state index contributed by atoms with van der Waals surface area (Å²) in [6, 6.07) is 0. The predicted octanol–water partition coefficient (Wildman–Crippen LogP) is 3.08. The van der Waals surface area contributed by atoms with Crippen molar-refractivity contribution in [2.75, 3.05) is 26.7 Å². The van der Waals surface area contributed by atoms with Gasteiger partial charge in [0.1, 0.15) is 5.78 Å². The van der Waals surface area contributed by atoms with E-state index >= 15 is 0 Å². The van der Waals surface area contributed by atoms with Crippen LogP contribution in [0.25, 0.3) is 0 Å². The molecule has 9 heteroatoms. The molecule has 8 nitrogen and oxygen atoms in total. The number of carbonyl (C=O) groups is 3. The van der Waals surface area contributed by atoms with Crippen LogP contribution in [0.3, 0.4) is 0 Å². The lowest BCUT2D eigenvalue weighted by molar-refractivity contribution is -0.151. The lowest BCUT2D eigenvalue weighted by atomic mass is 9.77. The Bertz CT molecular complexity index is 557. The monoisotopic (exact) mass is 392 g/mol. The molecule has 0 saturated carbocycles. The van der Waals surface area contributed by atoms with Gasteiger partial charge in [0.15, 0.2) is 0 Å². The first-order valence-electron chi connectivity index (χ1n) is 8.77. The molecule has 2 atom stereocenters. The number of Topliss-reactive ketones (excluding diaryl/α,β-unsaturated/α-hetero) is 1. The first-order chi connectivity index (χ1) is 12.1. The van der Waals surface area contributed by atoms with Crippen LogP contribution in [0, 0.1) is 11.3 Å². The van der Waals surface area contributed by atoms with Crippen molar-refractivity contribution in [3.63, 3.8) is 0 Å². The molecule has 1 unspecified atom stereocenters. The van der Waals surface area contributed by atoms with Gasteiger partial charge >= 0.3 is 19.5 Å². The Balaban J connectivity index is 2.60. The average Bonchev–Trinajstić information content (AvgIpc) is 2.57. The number of hydrogen-bond donors (Lipinski definition) is 0. The number of ketones is 1. The van der Waals surface area contributed by atoms with E-state index in [1.807, 2.05) is 20.8 Å². The second-order valence-corrected chi connectivity index (χ2v) is 9.12. The first-order valence-corrected chi connectivity index (χ1v) is 10.5. The van der Waals surface area contributed by atoms with Crippen molar-refractivity contribution in [3.8, 4) is 0 Å². The van der Waals surface area contributed by atoms with Crippen LogP contribution in [-0.2, 0) is 37.5 Å². The highest BCUT2D eigenvalue weighted by Crippen LogP contribution is 2.57. The maximum atomic E-state index is 12.7. The van der Waals surface area contributed by atoms with E-state index in [9.17, 15) is 18.9 Å². The Kier molecular flexibility index (Phi) is 8.93. The van der Waals surface area contributed by atoms with Gasteiger partial charge in [-0.15, -0.1) is 0 Å². The topological polar surface area (TPSA) is 105 Å². The van der Waals surface area contributed by atoms with Gasteiger partial charge in [-0.05, 0) is 18.3 Å². The van der Waals surface area contributed by atoms with E-state index in [1.165, 1.54) is 7.11 Å². The Morgan fingerprint density at radius 3 is 2.46 bits per heavy atom. The van der Waals surface area contributed by atoms with E-state index in [-0.39, 0.29) is 43.8 Å². The summed E-state index contributed by atoms with van der Waals surface area (Å²) in [5.74, 6) is -1.42. The SMILES string of the molecule is CCCC(=O)OCOP1(=O)C[C@@H](C(=O)CCCC(=O)OC)C(C)(C)CO1. The van der Waals surface area contributed by atoms with Gasteiger partial charge in [-0.25, -0.2) is 0 Å². The highest BCUT2D eigenvalue weighted by atomic mass is 31.2. The standard InChI is InChI=1S/C17H29O8P/c1-5-7-16(20)23-12-25-26(21)10-13(17(2,3)11-24-26)14(18)8-6-9-15(19)22-4/h13H,5-12H2,1-4H3/t13-,26?/m0/s1. The summed E-state index contributed by atoms with van der Waals surface area (Å²) in [7, 11) is -2.23. The molecule has 1 fully saturated rings. The molecule has 0 amide bonds. The normalized spacial score (nSPS) is 24.7. The van der Waals surface area contributed by atoms with Gasteiger partial charge < -0.3 is 14.0 Å². The Morgan fingerprint density at radius 1 is 1.15 bits per heavy atom. The Labute approximate surface area is 154 Å². The summed E-state index contributed by atoms with van der Waals surface area (Å²) in [6.07, 6.45) is 1.55. The second-order valence-electron chi connectivity index (χ2n) is 7.02. The zero-order valence-electron chi connectivity index (χ0n) is 15.9. The van der Waals surface area contributed by atoms with Crippen molar-refractivity contribution in [1.29, 1.82) is 0 Å². The minimum atomic E-state index is -3.53. The molecule has 0 aliphatic carbocycles. The summed E-state index contributed by atoms with van der Waals surface area (Å²) < 4.78 is 32.7. The summed E-state index contributed by atoms with van der Waals surface area (Å²) >= 11 is 0. The number of rotatable bonds is 10. The molecule has 1 heterocycles. The lowest BCUT2D eigenvalue weighted by Gasteiger charge is -2.40.